The average molecular weight is 283 g/mol. The maximum atomic E-state index is 11.1. The van der Waals surface area contributed by atoms with Crippen LogP contribution in [-0.2, 0) is 0 Å². The van der Waals surface area contributed by atoms with Crippen LogP contribution in [0.2, 0.25) is 0 Å². The third-order valence-corrected chi connectivity index (χ3v) is 3.62. The fraction of sp³-hybridized carbons (Fsp3) is 0.278. The number of carboxylic acid groups (broad SMARTS) is 1. The molecule has 0 fully saturated rings. The van der Waals surface area contributed by atoms with Crippen molar-refractivity contribution >= 4 is 11.7 Å². The van der Waals surface area contributed by atoms with Crippen molar-refractivity contribution in [3.8, 4) is 0 Å². The zero-order valence-corrected chi connectivity index (χ0v) is 12.6. The van der Waals surface area contributed by atoms with E-state index in [0.29, 0.717) is 11.5 Å². The van der Waals surface area contributed by atoms with Crippen molar-refractivity contribution in [2.24, 2.45) is 5.92 Å². The van der Waals surface area contributed by atoms with Gasteiger partial charge in [0.15, 0.2) is 0 Å². The molecule has 0 radical (unpaired) electrons. The van der Waals surface area contributed by atoms with Crippen molar-refractivity contribution < 1.29 is 9.90 Å². The minimum absolute atomic E-state index is 0.147. The number of rotatable bonds is 5. The van der Waals surface area contributed by atoms with E-state index in [-0.39, 0.29) is 6.04 Å². The summed E-state index contributed by atoms with van der Waals surface area (Å²) in [5.41, 5.74) is 3.42. The summed E-state index contributed by atoms with van der Waals surface area (Å²) in [4.78, 5) is 11.1. The highest BCUT2D eigenvalue weighted by molar-refractivity contribution is 5.89. The number of hydrogen-bond acceptors (Lipinski definition) is 2. The summed E-state index contributed by atoms with van der Waals surface area (Å²) in [6.45, 7) is 6.29. The molecular weight excluding hydrogens is 262 g/mol. The topological polar surface area (TPSA) is 49.3 Å². The minimum Gasteiger partial charge on any atom is -0.478 e. The Bertz CT molecular complexity index is 620. The summed E-state index contributed by atoms with van der Waals surface area (Å²) in [6.07, 6.45) is 0. The van der Waals surface area contributed by atoms with Crippen molar-refractivity contribution in [1.29, 1.82) is 0 Å². The first-order chi connectivity index (χ1) is 9.99. The third kappa shape index (κ3) is 3.63. The van der Waals surface area contributed by atoms with Gasteiger partial charge < -0.3 is 10.4 Å². The average Bonchev–Trinajstić information content (AvgIpc) is 2.46. The fourth-order valence-electron chi connectivity index (χ4n) is 2.37. The van der Waals surface area contributed by atoms with Gasteiger partial charge in [0, 0.05) is 5.69 Å². The Hall–Kier alpha value is -2.29. The van der Waals surface area contributed by atoms with Crippen LogP contribution in [0.25, 0.3) is 0 Å². The smallest absolute Gasteiger partial charge is 0.335 e. The molecule has 0 amide bonds. The lowest BCUT2D eigenvalue weighted by atomic mass is 9.95. The van der Waals surface area contributed by atoms with Gasteiger partial charge in [-0.25, -0.2) is 4.79 Å². The molecule has 2 rings (SSSR count). The second kappa shape index (κ2) is 6.44. The van der Waals surface area contributed by atoms with Crippen LogP contribution in [0.3, 0.4) is 0 Å². The van der Waals surface area contributed by atoms with E-state index in [9.17, 15) is 4.79 Å². The van der Waals surface area contributed by atoms with E-state index in [1.807, 2.05) is 31.2 Å². The largest absolute Gasteiger partial charge is 0.478 e. The maximum Gasteiger partial charge on any atom is 0.335 e. The standard InChI is InChI=1S/C18H21NO2/c1-12(2)17(14-7-5-4-6-8-14)19-16-11-15(18(20)21)10-9-13(16)3/h4-12,17,19H,1-3H3,(H,20,21). The molecule has 0 aliphatic rings. The summed E-state index contributed by atoms with van der Waals surface area (Å²) in [5, 5.41) is 12.6. The SMILES string of the molecule is Cc1ccc(C(=O)O)cc1NC(c1ccccc1)C(C)C. The normalized spacial score (nSPS) is 12.2. The first-order valence-corrected chi connectivity index (χ1v) is 7.14. The highest BCUT2D eigenvalue weighted by Crippen LogP contribution is 2.28. The van der Waals surface area contributed by atoms with Gasteiger partial charge in [-0.3, -0.25) is 0 Å². The zero-order valence-electron chi connectivity index (χ0n) is 12.6. The van der Waals surface area contributed by atoms with Crippen molar-refractivity contribution in [2.45, 2.75) is 26.8 Å². The molecule has 2 aromatic rings. The number of benzene rings is 2. The van der Waals surface area contributed by atoms with E-state index in [1.54, 1.807) is 12.1 Å². The minimum atomic E-state index is -0.904. The van der Waals surface area contributed by atoms with E-state index < -0.39 is 5.97 Å². The number of carbonyl (C=O) groups is 1. The highest BCUT2D eigenvalue weighted by atomic mass is 16.4. The fourth-order valence-corrected chi connectivity index (χ4v) is 2.37. The molecule has 3 heteroatoms. The molecule has 0 aliphatic carbocycles. The van der Waals surface area contributed by atoms with E-state index in [0.717, 1.165) is 11.3 Å². The third-order valence-electron chi connectivity index (χ3n) is 3.62. The monoisotopic (exact) mass is 283 g/mol. The van der Waals surface area contributed by atoms with Crippen LogP contribution >= 0.6 is 0 Å². The Labute approximate surface area is 125 Å². The van der Waals surface area contributed by atoms with Crippen LogP contribution in [-0.4, -0.2) is 11.1 Å². The second-order valence-electron chi connectivity index (χ2n) is 5.61. The molecule has 0 saturated heterocycles. The lowest BCUT2D eigenvalue weighted by Gasteiger charge is -2.25. The molecule has 0 bridgehead atoms. The number of carboxylic acids is 1. The molecular formula is C18H21NO2. The summed E-state index contributed by atoms with van der Waals surface area (Å²) < 4.78 is 0. The first-order valence-electron chi connectivity index (χ1n) is 7.14. The van der Waals surface area contributed by atoms with Crippen LogP contribution in [0, 0.1) is 12.8 Å². The quantitative estimate of drug-likeness (QED) is 0.849. The van der Waals surface area contributed by atoms with Gasteiger partial charge in [0.2, 0.25) is 0 Å². The molecule has 0 spiro atoms. The van der Waals surface area contributed by atoms with Crippen LogP contribution in [0.4, 0.5) is 5.69 Å². The Morgan fingerprint density at radius 1 is 1.10 bits per heavy atom. The summed E-state index contributed by atoms with van der Waals surface area (Å²) in [5.74, 6) is -0.515. The van der Waals surface area contributed by atoms with Crippen LogP contribution in [0.5, 0.6) is 0 Å². The molecule has 2 N–H and O–H groups in total. The Balaban J connectivity index is 2.33. The van der Waals surface area contributed by atoms with Gasteiger partial charge >= 0.3 is 5.97 Å². The molecule has 1 unspecified atom stereocenters. The van der Waals surface area contributed by atoms with Crippen LogP contribution < -0.4 is 5.32 Å². The highest BCUT2D eigenvalue weighted by Gasteiger charge is 2.17. The number of nitrogens with one attached hydrogen (secondary N) is 1. The van der Waals surface area contributed by atoms with Gasteiger partial charge in [0.05, 0.1) is 11.6 Å². The summed E-state index contributed by atoms with van der Waals surface area (Å²) in [7, 11) is 0. The van der Waals surface area contributed by atoms with Gasteiger partial charge in [-0.2, -0.15) is 0 Å². The van der Waals surface area contributed by atoms with E-state index >= 15 is 0 Å². The van der Waals surface area contributed by atoms with Crippen molar-refractivity contribution in [2.75, 3.05) is 5.32 Å². The van der Waals surface area contributed by atoms with E-state index in [2.05, 4.69) is 31.3 Å². The van der Waals surface area contributed by atoms with Crippen LogP contribution in [0.15, 0.2) is 48.5 Å². The lowest BCUT2D eigenvalue weighted by molar-refractivity contribution is 0.0697. The molecule has 21 heavy (non-hydrogen) atoms. The predicted octanol–water partition coefficient (Wildman–Crippen LogP) is 4.50. The molecule has 0 aliphatic heterocycles. The Morgan fingerprint density at radius 3 is 2.33 bits per heavy atom. The molecule has 0 aromatic heterocycles. The van der Waals surface area contributed by atoms with Gasteiger partial charge in [0.25, 0.3) is 0 Å². The number of aromatic carboxylic acids is 1. The van der Waals surface area contributed by atoms with Gasteiger partial charge in [-0.15, -0.1) is 0 Å². The maximum absolute atomic E-state index is 11.1. The number of anilines is 1. The summed E-state index contributed by atoms with van der Waals surface area (Å²) in [6, 6.07) is 15.5. The van der Waals surface area contributed by atoms with E-state index in [1.165, 1.54) is 5.56 Å². The van der Waals surface area contributed by atoms with Gasteiger partial charge in [0.1, 0.15) is 0 Å². The van der Waals surface area contributed by atoms with Crippen LogP contribution in [0.1, 0.15) is 41.4 Å². The van der Waals surface area contributed by atoms with Crippen molar-refractivity contribution in [3.63, 3.8) is 0 Å². The molecule has 0 heterocycles. The first kappa shape index (κ1) is 15.1. The Kier molecular flexibility index (Phi) is 4.63. The molecule has 2 aromatic carbocycles. The Morgan fingerprint density at radius 2 is 1.76 bits per heavy atom. The predicted molar refractivity (Wildman–Crippen MR) is 85.8 cm³/mol. The lowest BCUT2D eigenvalue weighted by Crippen LogP contribution is -2.17. The zero-order chi connectivity index (χ0) is 15.4. The molecule has 1 atom stereocenters. The second-order valence-corrected chi connectivity index (χ2v) is 5.61. The summed E-state index contributed by atoms with van der Waals surface area (Å²) >= 11 is 0. The van der Waals surface area contributed by atoms with E-state index in [4.69, 9.17) is 5.11 Å². The van der Waals surface area contributed by atoms with Gasteiger partial charge in [-0.05, 0) is 36.1 Å². The molecule has 0 saturated carbocycles. The molecule has 3 nitrogen and oxygen atoms in total. The van der Waals surface area contributed by atoms with Crippen molar-refractivity contribution in [3.05, 3.63) is 65.2 Å². The molecule has 110 valence electrons. The van der Waals surface area contributed by atoms with Gasteiger partial charge in [-0.1, -0.05) is 50.2 Å². The van der Waals surface area contributed by atoms with Crippen molar-refractivity contribution in [1.82, 2.24) is 0 Å². The number of aryl methyl sites for hydroxylation is 1. The number of hydrogen-bond donors (Lipinski definition) is 2.